The predicted octanol–water partition coefficient (Wildman–Crippen LogP) is 4.25. The first-order valence-corrected chi connectivity index (χ1v) is 11.8. The number of hydrogen-bond acceptors (Lipinski definition) is 3. The minimum absolute atomic E-state index is 0.00105. The average molecular weight is 453 g/mol. The molecule has 0 bridgehead atoms. The second kappa shape index (κ2) is 9.91. The van der Waals surface area contributed by atoms with Crippen LogP contribution in [0.1, 0.15) is 34.3 Å². The third-order valence-electron chi connectivity index (χ3n) is 6.56. The van der Waals surface area contributed by atoms with Gasteiger partial charge in [0.05, 0.1) is 12.5 Å². The van der Waals surface area contributed by atoms with Crippen LogP contribution in [-0.4, -0.2) is 39.6 Å². The summed E-state index contributed by atoms with van der Waals surface area (Å²) in [5.41, 5.74) is 2.90. The van der Waals surface area contributed by atoms with Crippen molar-refractivity contribution in [1.29, 1.82) is 0 Å². The van der Waals surface area contributed by atoms with E-state index in [9.17, 15) is 9.59 Å². The predicted molar refractivity (Wildman–Crippen MR) is 132 cm³/mol. The number of aromatic nitrogens is 2. The molecule has 1 saturated heterocycles. The fraction of sp³-hybridized carbons (Fsp3) is 0.250. The van der Waals surface area contributed by atoms with Gasteiger partial charge in [-0.05, 0) is 46.9 Å². The Morgan fingerprint density at radius 1 is 0.941 bits per heavy atom. The lowest BCUT2D eigenvalue weighted by molar-refractivity contribution is -0.126. The first-order chi connectivity index (χ1) is 16.7. The van der Waals surface area contributed by atoms with E-state index in [0.717, 1.165) is 34.7 Å². The van der Waals surface area contributed by atoms with Crippen LogP contribution in [0.3, 0.4) is 0 Å². The number of amides is 2. The number of fused-ring (bicyclic) bond motifs is 1. The Balaban J connectivity index is 1.24. The van der Waals surface area contributed by atoms with Gasteiger partial charge in [-0.1, -0.05) is 60.7 Å². The molecular weight excluding hydrogens is 424 g/mol. The van der Waals surface area contributed by atoms with E-state index < -0.39 is 0 Å². The Kier molecular flexibility index (Phi) is 6.38. The van der Waals surface area contributed by atoms with Crippen molar-refractivity contribution in [2.45, 2.75) is 25.9 Å². The van der Waals surface area contributed by atoms with Gasteiger partial charge in [-0.15, -0.1) is 0 Å². The molecule has 6 heteroatoms. The normalized spacial score (nSPS) is 15.9. The number of nitrogens with zero attached hydrogens (tertiary/aromatic N) is 3. The first kappa shape index (κ1) is 21.9. The molecular formula is C28H28N4O2. The number of hydrogen-bond donors (Lipinski definition) is 1. The maximum Gasteiger partial charge on any atom is 0.254 e. The Morgan fingerprint density at radius 2 is 1.74 bits per heavy atom. The highest BCUT2D eigenvalue weighted by Crippen LogP contribution is 2.24. The molecule has 5 rings (SSSR count). The molecule has 2 amide bonds. The van der Waals surface area contributed by atoms with Crippen LogP contribution >= 0.6 is 0 Å². The van der Waals surface area contributed by atoms with E-state index in [1.165, 1.54) is 0 Å². The SMILES string of the molecule is O=C(NCc1ccccc1Cn1cccn1)C1CCCN(C(=O)c2cccc3ccccc23)C1. The van der Waals surface area contributed by atoms with E-state index in [1.807, 2.05) is 82.5 Å². The van der Waals surface area contributed by atoms with Gasteiger partial charge in [0.25, 0.3) is 5.91 Å². The molecule has 0 radical (unpaired) electrons. The summed E-state index contributed by atoms with van der Waals surface area (Å²) in [6.45, 7) is 2.25. The fourth-order valence-corrected chi connectivity index (χ4v) is 4.74. The van der Waals surface area contributed by atoms with E-state index in [0.29, 0.717) is 31.7 Å². The Hall–Kier alpha value is -3.93. The third-order valence-corrected chi connectivity index (χ3v) is 6.56. The molecule has 1 atom stereocenters. The summed E-state index contributed by atoms with van der Waals surface area (Å²) in [4.78, 5) is 28.2. The van der Waals surface area contributed by atoms with Gasteiger partial charge in [-0.2, -0.15) is 5.10 Å². The second-order valence-corrected chi connectivity index (χ2v) is 8.81. The first-order valence-electron chi connectivity index (χ1n) is 11.8. The van der Waals surface area contributed by atoms with E-state index in [1.54, 1.807) is 6.20 Å². The summed E-state index contributed by atoms with van der Waals surface area (Å²) in [6, 6.07) is 23.7. The molecule has 1 unspecified atom stereocenters. The number of rotatable bonds is 6. The van der Waals surface area contributed by atoms with Crippen molar-refractivity contribution in [3.05, 3.63) is 102 Å². The summed E-state index contributed by atoms with van der Waals surface area (Å²) >= 11 is 0. The monoisotopic (exact) mass is 452 g/mol. The van der Waals surface area contributed by atoms with Gasteiger partial charge in [-0.25, -0.2) is 0 Å². The van der Waals surface area contributed by atoms with Crippen LogP contribution in [-0.2, 0) is 17.9 Å². The van der Waals surface area contributed by atoms with Gasteiger partial charge in [0.1, 0.15) is 0 Å². The molecule has 2 heterocycles. The third kappa shape index (κ3) is 4.71. The van der Waals surface area contributed by atoms with Crippen molar-refractivity contribution in [3.63, 3.8) is 0 Å². The lowest BCUT2D eigenvalue weighted by Crippen LogP contribution is -2.45. The highest BCUT2D eigenvalue weighted by molar-refractivity contribution is 6.07. The van der Waals surface area contributed by atoms with Crippen molar-refractivity contribution in [3.8, 4) is 0 Å². The van der Waals surface area contributed by atoms with Crippen molar-refractivity contribution >= 4 is 22.6 Å². The van der Waals surface area contributed by atoms with Gasteiger partial charge in [0, 0.05) is 37.6 Å². The van der Waals surface area contributed by atoms with E-state index in [2.05, 4.69) is 16.5 Å². The molecule has 1 aromatic heterocycles. The fourth-order valence-electron chi connectivity index (χ4n) is 4.74. The van der Waals surface area contributed by atoms with Crippen LogP contribution in [0.25, 0.3) is 10.8 Å². The Bertz CT molecular complexity index is 1290. The van der Waals surface area contributed by atoms with Crippen LogP contribution in [0, 0.1) is 5.92 Å². The van der Waals surface area contributed by atoms with E-state index in [4.69, 9.17) is 0 Å². The number of nitrogens with one attached hydrogen (secondary N) is 1. The minimum Gasteiger partial charge on any atom is -0.352 e. The van der Waals surface area contributed by atoms with Crippen molar-refractivity contribution < 1.29 is 9.59 Å². The van der Waals surface area contributed by atoms with Gasteiger partial charge in [0.2, 0.25) is 5.91 Å². The smallest absolute Gasteiger partial charge is 0.254 e. The number of piperidine rings is 1. The van der Waals surface area contributed by atoms with Gasteiger partial charge in [0.15, 0.2) is 0 Å². The number of carbonyl (C=O) groups is 2. The molecule has 3 aromatic carbocycles. The molecule has 34 heavy (non-hydrogen) atoms. The largest absolute Gasteiger partial charge is 0.352 e. The molecule has 1 aliphatic heterocycles. The zero-order valence-corrected chi connectivity index (χ0v) is 19.1. The number of benzene rings is 3. The van der Waals surface area contributed by atoms with Crippen LogP contribution in [0.5, 0.6) is 0 Å². The van der Waals surface area contributed by atoms with Crippen molar-refractivity contribution in [1.82, 2.24) is 20.0 Å². The summed E-state index contributed by atoms with van der Waals surface area (Å²) in [7, 11) is 0. The van der Waals surface area contributed by atoms with Crippen LogP contribution in [0.15, 0.2) is 85.2 Å². The van der Waals surface area contributed by atoms with E-state index in [-0.39, 0.29) is 17.7 Å². The Morgan fingerprint density at radius 3 is 2.59 bits per heavy atom. The molecule has 1 aliphatic rings. The summed E-state index contributed by atoms with van der Waals surface area (Å²) in [5.74, 6) is -0.200. The number of carbonyl (C=O) groups excluding carboxylic acids is 2. The summed E-state index contributed by atoms with van der Waals surface area (Å²) in [6.07, 6.45) is 5.31. The molecule has 0 spiro atoms. The van der Waals surface area contributed by atoms with Crippen LogP contribution < -0.4 is 5.32 Å². The minimum atomic E-state index is -0.203. The van der Waals surface area contributed by atoms with Gasteiger partial charge in [-0.3, -0.25) is 14.3 Å². The second-order valence-electron chi connectivity index (χ2n) is 8.81. The van der Waals surface area contributed by atoms with Gasteiger partial charge >= 0.3 is 0 Å². The van der Waals surface area contributed by atoms with Crippen LogP contribution in [0.4, 0.5) is 0 Å². The summed E-state index contributed by atoms with van der Waals surface area (Å²) < 4.78 is 1.87. The molecule has 1 fully saturated rings. The molecule has 1 N–H and O–H groups in total. The standard InChI is InChI=1S/C28H28N4O2/c33-27(29-18-22-9-1-2-10-23(22)20-32-17-7-15-30-32)24-12-6-16-31(19-24)28(34)26-14-5-11-21-8-3-4-13-25(21)26/h1-5,7-11,13-15,17,24H,6,12,16,18-20H2,(H,29,33). The quantitative estimate of drug-likeness (QED) is 0.476. The molecule has 0 saturated carbocycles. The highest BCUT2D eigenvalue weighted by Gasteiger charge is 2.29. The lowest BCUT2D eigenvalue weighted by Gasteiger charge is -2.32. The number of likely N-dealkylation sites (tertiary alicyclic amines) is 1. The highest BCUT2D eigenvalue weighted by atomic mass is 16.2. The molecule has 172 valence electrons. The molecule has 0 aliphatic carbocycles. The van der Waals surface area contributed by atoms with Crippen LogP contribution in [0.2, 0.25) is 0 Å². The maximum atomic E-state index is 13.3. The maximum absolute atomic E-state index is 13.3. The lowest BCUT2D eigenvalue weighted by atomic mass is 9.95. The van der Waals surface area contributed by atoms with E-state index >= 15 is 0 Å². The molecule has 6 nitrogen and oxygen atoms in total. The van der Waals surface area contributed by atoms with Gasteiger partial charge < -0.3 is 10.2 Å². The summed E-state index contributed by atoms with van der Waals surface area (Å²) in [5, 5.41) is 9.40. The zero-order valence-electron chi connectivity index (χ0n) is 19.1. The average Bonchev–Trinajstić information content (AvgIpc) is 3.40. The zero-order chi connectivity index (χ0) is 23.3. The molecule has 4 aromatic rings. The van der Waals surface area contributed by atoms with Crippen molar-refractivity contribution in [2.75, 3.05) is 13.1 Å². The topological polar surface area (TPSA) is 67.2 Å². The van der Waals surface area contributed by atoms with Crippen molar-refractivity contribution in [2.24, 2.45) is 5.92 Å². The Labute approximate surface area is 199 Å².